The van der Waals surface area contributed by atoms with Gasteiger partial charge in [0, 0.05) is 17.8 Å². The summed E-state index contributed by atoms with van der Waals surface area (Å²) in [6.45, 7) is 10.3. The summed E-state index contributed by atoms with van der Waals surface area (Å²) in [5.74, 6) is 0.563. The highest BCUT2D eigenvalue weighted by atomic mass is 15.3. The van der Waals surface area contributed by atoms with Crippen molar-refractivity contribution < 1.29 is 0 Å². The molecule has 0 saturated carbocycles. The molecule has 2 aromatic carbocycles. The molecule has 126 valence electrons. The van der Waals surface area contributed by atoms with Crippen LogP contribution in [-0.4, -0.2) is 18.3 Å². The van der Waals surface area contributed by atoms with Crippen molar-refractivity contribution in [2.24, 2.45) is 5.10 Å². The van der Waals surface area contributed by atoms with Gasteiger partial charge in [0.15, 0.2) is 0 Å². The summed E-state index contributed by atoms with van der Waals surface area (Å²) in [6, 6.07) is 16.7. The van der Waals surface area contributed by atoms with E-state index in [0.29, 0.717) is 5.92 Å². The Morgan fingerprint density at radius 1 is 1.21 bits per heavy atom. The quantitative estimate of drug-likeness (QED) is 0.615. The van der Waals surface area contributed by atoms with Crippen LogP contribution in [-0.2, 0) is 0 Å². The van der Waals surface area contributed by atoms with E-state index in [1.165, 1.54) is 17.7 Å². The average molecular weight is 321 g/mol. The summed E-state index contributed by atoms with van der Waals surface area (Å²) in [5, 5.41) is 4.36. The van der Waals surface area contributed by atoms with Gasteiger partial charge in [0.05, 0.1) is 11.9 Å². The first-order valence-corrected chi connectivity index (χ1v) is 8.77. The maximum Gasteiger partial charge on any atom is 0.0561 e. The SMILES string of the molecule is CCN1c2ccc(/C=N\Nc3ccccc3)cc2C(C)CC1(C)C. The average Bonchev–Trinajstić information content (AvgIpc) is 2.56. The van der Waals surface area contributed by atoms with Crippen LogP contribution in [0.4, 0.5) is 11.4 Å². The first-order chi connectivity index (χ1) is 11.5. The molecule has 3 heteroatoms. The number of fused-ring (bicyclic) bond motifs is 1. The van der Waals surface area contributed by atoms with Gasteiger partial charge in [0.25, 0.3) is 0 Å². The zero-order chi connectivity index (χ0) is 17.2. The van der Waals surface area contributed by atoms with Gasteiger partial charge < -0.3 is 4.90 Å². The third-order valence-electron chi connectivity index (χ3n) is 4.91. The molecule has 1 heterocycles. The van der Waals surface area contributed by atoms with Crippen LogP contribution in [0.25, 0.3) is 0 Å². The van der Waals surface area contributed by atoms with E-state index < -0.39 is 0 Å². The number of nitrogens with zero attached hydrogens (tertiary/aromatic N) is 2. The zero-order valence-corrected chi connectivity index (χ0v) is 15.1. The lowest BCUT2D eigenvalue weighted by molar-refractivity contribution is 0.381. The summed E-state index contributed by atoms with van der Waals surface area (Å²) in [6.07, 6.45) is 3.08. The van der Waals surface area contributed by atoms with Gasteiger partial charge in [0.1, 0.15) is 0 Å². The summed E-state index contributed by atoms with van der Waals surface area (Å²) in [4.78, 5) is 2.52. The lowest BCUT2D eigenvalue weighted by Gasteiger charge is -2.47. The van der Waals surface area contributed by atoms with Crippen LogP contribution < -0.4 is 10.3 Å². The van der Waals surface area contributed by atoms with Crippen molar-refractivity contribution in [3.05, 3.63) is 59.7 Å². The van der Waals surface area contributed by atoms with E-state index in [1.807, 2.05) is 36.5 Å². The van der Waals surface area contributed by atoms with Gasteiger partial charge in [-0.25, -0.2) is 0 Å². The number of hydrogen-bond donors (Lipinski definition) is 1. The van der Waals surface area contributed by atoms with E-state index in [0.717, 1.165) is 17.8 Å². The van der Waals surface area contributed by atoms with Gasteiger partial charge in [0.2, 0.25) is 0 Å². The number of nitrogens with one attached hydrogen (secondary N) is 1. The molecule has 0 aliphatic carbocycles. The molecule has 1 aliphatic rings. The first kappa shape index (κ1) is 16.6. The Bertz CT molecular complexity index is 719. The third kappa shape index (κ3) is 3.30. The van der Waals surface area contributed by atoms with Crippen LogP contribution in [0.1, 0.15) is 51.2 Å². The van der Waals surface area contributed by atoms with Crippen molar-refractivity contribution in [1.82, 2.24) is 0 Å². The molecule has 0 bridgehead atoms. The molecule has 1 atom stereocenters. The Morgan fingerprint density at radius 2 is 1.96 bits per heavy atom. The molecule has 1 aliphatic heterocycles. The number of hydrogen-bond acceptors (Lipinski definition) is 3. The molecule has 0 amide bonds. The lowest BCUT2D eigenvalue weighted by Crippen LogP contribution is -2.48. The molecule has 3 rings (SSSR count). The van der Waals surface area contributed by atoms with Gasteiger partial charge in [-0.05, 0) is 68.5 Å². The van der Waals surface area contributed by atoms with Crippen molar-refractivity contribution >= 4 is 17.6 Å². The Morgan fingerprint density at radius 3 is 2.67 bits per heavy atom. The summed E-state index contributed by atoms with van der Waals surface area (Å²) < 4.78 is 0. The fourth-order valence-corrected chi connectivity index (χ4v) is 3.88. The molecular formula is C21H27N3. The Hall–Kier alpha value is -2.29. The number of para-hydroxylation sites is 1. The first-order valence-electron chi connectivity index (χ1n) is 8.77. The summed E-state index contributed by atoms with van der Waals surface area (Å²) in [7, 11) is 0. The van der Waals surface area contributed by atoms with Crippen molar-refractivity contribution in [2.45, 2.75) is 45.6 Å². The minimum Gasteiger partial charge on any atom is -0.366 e. The van der Waals surface area contributed by atoms with E-state index in [4.69, 9.17) is 0 Å². The topological polar surface area (TPSA) is 27.6 Å². The van der Waals surface area contributed by atoms with Gasteiger partial charge in [-0.2, -0.15) is 5.10 Å². The van der Waals surface area contributed by atoms with Crippen LogP contribution in [0.5, 0.6) is 0 Å². The zero-order valence-electron chi connectivity index (χ0n) is 15.1. The highest BCUT2D eigenvalue weighted by Crippen LogP contribution is 2.43. The van der Waals surface area contributed by atoms with Gasteiger partial charge in [-0.3, -0.25) is 5.43 Å². The van der Waals surface area contributed by atoms with Crippen LogP contribution >= 0.6 is 0 Å². The molecule has 1 unspecified atom stereocenters. The maximum atomic E-state index is 4.36. The lowest BCUT2D eigenvalue weighted by atomic mass is 9.79. The predicted octanol–water partition coefficient (Wildman–Crippen LogP) is 5.24. The van der Waals surface area contributed by atoms with Crippen LogP contribution in [0, 0.1) is 0 Å². The number of anilines is 2. The monoisotopic (exact) mass is 321 g/mol. The standard InChI is InChI=1S/C21H27N3/c1-5-24-20-12-11-17(13-19(20)16(2)14-21(24,3)4)15-22-23-18-9-7-6-8-10-18/h6-13,15-16,23H,5,14H2,1-4H3/b22-15-. The fraction of sp³-hybridized carbons (Fsp3) is 0.381. The van der Waals surface area contributed by atoms with E-state index in [2.05, 4.69) is 61.3 Å². The van der Waals surface area contributed by atoms with E-state index in [9.17, 15) is 0 Å². The van der Waals surface area contributed by atoms with Gasteiger partial charge in [-0.1, -0.05) is 31.2 Å². The molecule has 24 heavy (non-hydrogen) atoms. The molecule has 0 fully saturated rings. The Labute approximate surface area is 145 Å². The van der Waals surface area contributed by atoms with Crippen molar-refractivity contribution in [3.8, 4) is 0 Å². The van der Waals surface area contributed by atoms with Crippen molar-refractivity contribution in [2.75, 3.05) is 16.9 Å². The molecule has 3 nitrogen and oxygen atoms in total. The predicted molar refractivity (Wildman–Crippen MR) is 104 cm³/mol. The molecule has 0 aromatic heterocycles. The largest absolute Gasteiger partial charge is 0.366 e. The van der Waals surface area contributed by atoms with E-state index in [1.54, 1.807) is 0 Å². The minimum atomic E-state index is 0.214. The van der Waals surface area contributed by atoms with E-state index >= 15 is 0 Å². The molecule has 0 radical (unpaired) electrons. The Balaban J connectivity index is 1.82. The van der Waals surface area contributed by atoms with Gasteiger partial charge in [-0.15, -0.1) is 0 Å². The molecule has 2 aromatic rings. The van der Waals surface area contributed by atoms with Gasteiger partial charge >= 0.3 is 0 Å². The van der Waals surface area contributed by atoms with Crippen molar-refractivity contribution in [3.63, 3.8) is 0 Å². The van der Waals surface area contributed by atoms with Crippen LogP contribution in [0.3, 0.4) is 0 Å². The summed E-state index contributed by atoms with van der Waals surface area (Å²) in [5.41, 5.74) is 8.23. The maximum absolute atomic E-state index is 4.36. The molecule has 1 N–H and O–H groups in total. The number of benzene rings is 2. The molecule has 0 saturated heterocycles. The highest BCUT2D eigenvalue weighted by molar-refractivity contribution is 5.82. The smallest absolute Gasteiger partial charge is 0.0561 e. The van der Waals surface area contributed by atoms with E-state index in [-0.39, 0.29) is 5.54 Å². The molecule has 0 spiro atoms. The number of rotatable bonds is 4. The third-order valence-corrected chi connectivity index (χ3v) is 4.91. The normalized spacial score (nSPS) is 19.3. The Kier molecular flexibility index (Phi) is 4.61. The minimum absolute atomic E-state index is 0.214. The fourth-order valence-electron chi connectivity index (χ4n) is 3.88. The molecular weight excluding hydrogens is 294 g/mol. The highest BCUT2D eigenvalue weighted by Gasteiger charge is 2.35. The number of hydrazone groups is 1. The second kappa shape index (κ2) is 6.68. The second-order valence-electron chi connectivity index (χ2n) is 7.22. The second-order valence-corrected chi connectivity index (χ2v) is 7.22. The summed E-state index contributed by atoms with van der Waals surface area (Å²) >= 11 is 0. The van der Waals surface area contributed by atoms with Crippen LogP contribution in [0.2, 0.25) is 0 Å². The van der Waals surface area contributed by atoms with Crippen LogP contribution in [0.15, 0.2) is 53.6 Å². The van der Waals surface area contributed by atoms with Crippen molar-refractivity contribution in [1.29, 1.82) is 0 Å².